The normalized spacial score (nSPS) is 21.3. The van der Waals surface area contributed by atoms with Gasteiger partial charge in [0.2, 0.25) is 5.15 Å². The standard InChI is InChI=1S/C13H18ClN3O2/c14-13-12(17(18)19)11(9-5-1-2-6-9)15-16(13)10-7-3-4-8-10/h9-10H,1-8H2. The lowest BCUT2D eigenvalue weighted by Gasteiger charge is -2.10. The summed E-state index contributed by atoms with van der Waals surface area (Å²) in [7, 11) is 0. The first-order valence-corrected chi connectivity index (χ1v) is 7.48. The molecule has 6 heteroatoms. The van der Waals surface area contributed by atoms with Crippen molar-refractivity contribution in [2.45, 2.75) is 63.3 Å². The molecule has 3 rings (SSSR count). The quantitative estimate of drug-likeness (QED) is 0.616. The second-order valence-corrected chi connectivity index (χ2v) is 6.00. The molecule has 1 heterocycles. The molecule has 0 bridgehead atoms. The van der Waals surface area contributed by atoms with Crippen LogP contribution in [0.15, 0.2) is 0 Å². The Balaban J connectivity index is 2.01. The molecule has 0 spiro atoms. The van der Waals surface area contributed by atoms with Crippen molar-refractivity contribution in [3.05, 3.63) is 21.0 Å². The summed E-state index contributed by atoms with van der Waals surface area (Å²) in [4.78, 5) is 10.9. The Kier molecular flexibility index (Phi) is 3.48. The van der Waals surface area contributed by atoms with Crippen LogP contribution in [0.1, 0.15) is 69.0 Å². The number of nitro groups is 1. The van der Waals surface area contributed by atoms with Crippen molar-refractivity contribution in [2.75, 3.05) is 0 Å². The van der Waals surface area contributed by atoms with Crippen LogP contribution >= 0.6 is 11.6 Å². The van der Waals surface area contributed by atoms with E-state index >= 15 is 0 Å². The fourth-order valence-electron chi connectivity index (χ4n) is 3.46. The van der Waals surface area contributed by atoms with Crippen LogP contribution < -0.4 is 0 Å². The largest absolute Gasteiger partial charge is 0.329 e. The molecule has 2 saturated carbocycles. The van der Waals surface area contributed by atoms with E-state index in [4.69, 9.17) is 11.6 Å². The average Bonchev–Trinajstić information content (AvgIpc) is 3.08. The number of rotatable bonds is 3. The van der Waals surface area contributed by atoms with Crippen LogP contribution in [0.3, 0.4) is 0 Å². The van der Waals surface area contributed by atoms with Crippen molar-refractivity contribution < 1.29 is 4.92 Å². The third-order valence-corrected chi connectivity index (χ3v) is 4.80. The molecule has 0 atom stereocenters. The lowest BCUT2D eigenvalue weighted by molar-refractivity contribution is -0.385. The topological polar surface area (TPSA) is 61.0 Å². The maximum absolute atomic E-state index is 11.3. The molecule has 0 saturated heterocycles. The molecule has 104 valence electrons. The Bertz CT molecular complexity index is 488. The summed E-state index contributed by atoms with van der Waals surface area (Å²) in [6, 6.07) is 0.251. The van der Waals surface area contributed by atoms with Crippen LogP contribution in [0.2, 0.25) is 5.15 Å². The van der Waals surface area contributed by atoms with Gasteiger partial charge in [-0.1, -0.05) is 37.3 Å². The van der Waals surface area contributed by atoms with Gasteiger partial charge >= 0.3 is 5.69 Å². The van der Waals surface area contributed by atoms with Gasteiger partial charge in [0.1, 0.15) is 5.69 Å². The van der Waals surface area contributed by atoms with Crippen molar-refractivity contribution in [3.8, 4) is 0 Å². The Labute approximate surface area is 117 Å². The number of hydrogen-bond acceptors (Lipinski definition) is 3. The van der Waals surface area contributed by atoms with E-state index in [2.05, 4.69) is 5.10 Å². The Morgan fingerprint density at radius 2 is 1.74 bits per heavy atom. The van der Waals surface area contributed by atoms with E-state index in [0.717, 1.165) is 51.4 Å². The fraction of sp³-hybridized carbons (Fsp3) is 0.769. The Hall–Kier alpha value is -1.10. The molecule has 2 aliphatic rings. The molecular formula is C13H18ClN3O2. The van der Waals surface area contributed by atoms with E-state index in [1.54, 1.807) is 4.68 Å². The molecule has 0 amide bonds. The van der Waals surface area contributed by atoms with Gasteiger partial charge in [-0.05, 0) is 25.7 Å². The monoisotopic (exact) mass is 283 g/mol. The first-order valence-electron chi connectivity index (χ1n) is 7.10. The maximum atomic E-state index is 11.3. The van der Waals surface area contributed by atoms with Crippen molar-refractivity contribution in [1.82, 2.24) is 9.78 Å². The van der Waals surface area contributed by atoms with E-state index in [-0.39, 0.29) is 27.7 Å². The third-order valence-electron chi connectivity index (χ3n) is 4.45. The molecule has 0 N–H and O–H groups in total. The Morgan fingerprint density at radius 1 is 1.16 bits per heavy atom. The van der Waals surface area contributed by atoms with Crippen LogP contribution in [0.5, 0.6) is 0 Å². The number of hydrogen-bond donors (Lipinski definition) is 0. The number of halogens is 1. The highest BCUT2D eigenvalue weighted by atomic mass is 35.5. The maximum Gasteiger partial charge on any atom is 0.329 e. The second-order valence-electron chi connectivity index (χ2n) is 5.65. The van der Waals surface area contributed by atoms with Gasteiger partial charge in [0.05, 0.1) is 11.0 Å². The predicted octanol–water partition coefficient (Wildman–Crippen LogP) is 4.22. The minimum Gasteiger partial charge on any atom is -0.258 e. The van der Waals surface area contributed by atoms with Gasteiger partial charge in [-0.3, -0.25) is 10.1 Å². The van der Waals surface area contributed by atoms with Gasteiger partial charge in [0.15, 0.2) is 0 Å². The van der Waals surface area contributed by atoms with E-state index < -0.39 is 0 Å². The van der Waals surface area contributed by atoms with Crippen molar-refractivity contribution >= 4 is 17.3 Å². The van der Waals surface area contributed by atoms with Gasteiger partial charge in [-0.2, -0.15) is 5.10 Å². The van der Waals surface area contributed by atoms with Crippen LogP contribution in [-0.4, -0.2) is 14.7 Å². The predicted molar refractivity (Wildman–Crippen MR) is 72.6 cm³/mol. The van der Waals surface area contributed by atoms with Crippen LogP contribution in [0.25, 0.3) is 0 Å². The molecule has 2 fully saturated rings. The summed E-state index contributed by atoms with van der Waals surface area (Å²) in [6.07, 6.45) is 8.65. The highest BCUT2D eigenvalue weighted by molar-refractivity contribution is 6.31. The van der Waals surface area contributed by atoms with Crippen LogP contribution in [-0.2, 0) is 0 Å². The lowest BCUT2D eigenvalue weighted by atomic mass is 10.0. The fourth-order valence-corrected chi connectivity index (χ4v) is 3.80. The SMILES string of the molecule is O=[N+]([O-])c1c(C2CCCC2)nn(C2CCCC2)c1Cl. The molecule has 1 aromatic heterocycles. The van der Waals surface area contributed by atoms with E-state index in [0.29, 0.717) is 5.69 Å². The summed E-state index contributed by atoms with van der Waals surface area (Å²) >= 11 is 6.24. The van der Waals surface area contributed by atoms with E-state index in [1.165, 1.54) is 0 Å². The highest BCUT2D eigenvalue weighted by Crippen LogP contribution is 2.43. The van der Waals surface area contributed by atoms with Gasteiger partial charge in [-0.15, -0.1) is 0 Å². The highest BCUT2D eigenvalue weighted by Gasteiger charge is 2.35. The van der Waals surface area contributed by atoms with Crippen LogP contribution in [0.4, 0.5) is 5.69 Å². The smallest absolute Gasteiger partial charge is 0.258 e. The first kappa shape index (κ1) is 12.9. The molecule has 0 aliphatic heterocycles. The third kappa shape index (κ3) is 2.24. The second kappa shape index (κ2) is 5.12. The zero-order valence-electron chi connectivity index (χ0n) is 10.8. The zero-order chi connectivity index (χ0) is 13.4. The van der Waals surface area contributed by atoms with E-state index in [9.17, 15) is 10.1 Å². The van der Waals surface area contributed by atoms with Crippen molar-refractivity contribution in [3.63, 3.8) is 0 Å². The van der Waals surface area contributed by atoms with Crippen LogP contribution in [0, 0.1) is 10.1 Å². The molecule has 0 unspecified atom stereocenters. The van der Waals surface area contributed by atoms with Crippen molar-refractivity contribution in [2.24, 2.45) is 0 Å². The number of nitrogens with zero attached hydrogens (tertiary/aromatic N) is 3. The molecule has 0 aromatic carbocycles. The minimum absolute atomic E-state index is 0.0560. The van der Waals surface area contributed by atoms with E-state index in [1.807, 2.05) is 0 Å². The minimum atomic E-state index is -0.353. The van der Waals surface area contributed by atoms with Gasteiger partial charge in [0, 0.05) is 5.92 Å². The summed E-state index contributed by atoms with van der Waals surface area (Å²) in [5.41, 5.74) is 0.680. The lowest BCUT2D eigenvalue weighted by Crippen LogP contribution is -2.07. The van der Waals surface area contributed by atoms with Gasteiger partial charge in [-0.25, -0.2) is 4.68 Å². The summed E-state index contributed by atoms with van der Waals surface area (Å²) in [6.45, 7) is 0. The van der Waals surface area contributed by atoms with Crippen molar-refractivity contribution in [1.29, 1.82) is 0 Å². The molecule has 19 heavy (non-hydrogen) atoms. The number of aromatic nitrogens is 2. The zero-order valence-corrected chi connectivity index (χ0v) is 11.6. The molecule has 2 aliphatic carbocycles. The summed E-state index contributed by atoms with van der Waals surface area (Å²) < 4.78 is 1.72. The molecule has 0 radical (unpaired) electrons. The summed E-state index contributed by atoms with van der Waals surface area (Å²) in [5, 5.41) is 16.1. The molecular weight excluding hydrogens is 266 g/mol. The summed E-state index contributed by atoms with van der Waals surface area (Å²) in [5.74, 6) is 0.223. The Morgan fingerprint density at radius 3 is 2.32 bits per heavy atom. The van der Waals surface area contributed by atoms with Gasteiger partial charge < -0.3 is 0 Å². The molecule has 5 nitrogen and oxygen atoms in total. The first-order chi connectivity index (χ1) is 9.18. The average molecular weight is 284 g/mol. The molecule has 1 aromatic rings. The van der Waals surface area contributed by atoms with Gasteiger partial charge in [0.25, 0.3) is 0 Å².